The lowest BCUT2D eigenvalue weighted by molar-refractivity contribution is 0.312. The van der Waals surface area contributed by atoms with Crippen LogP contribution in [0.2, 0.25) is 0 Å². The second-order valence-electron chi connectivity index (χ2n) is 5.04. The molecule has 1 heterocycles. The van der Waals surface area contributed by atoms with Gasteiger partial charge in [0.15, 0.2) is 0 Å². The van der Waals surface area contributed by atoms with Crippen molar-refractivity contribution in [2.45, 2.75) is 39.7 Å². The Balaban J connectivity index is 2.38. The van der Waals surface area contributed by atoms with Crippen LogP contribution in [0.4, 0.5) is 0 Å². The maximum Gasteiger partial charge on any atom is 0.124 e. The molecule has 2 nitrogen and oxygen atoms in total. The summed E-state index contributed by atoms with van der Waals surface area (Å²) in [6.45, 7) is 8.21. The molecule has 0 aliphatic heterocycles. The minimum atomic E-state index is 0.220. The van der Waals surface area contributed by atoms with Crippen LogP contribution in [-0.4, -0.2) is 13.2 Å². The molecule has 2 aromatic rings. The largest absolute Gasteiger partial charge is 0.493 e. The van der Waals surface area contributed by atoms with E-state index in [0.29, 0.717) is 0 Å². The van der Waals surface area contributed by atoms with E-state index in [9.17, 15) is 0 Å². The molecule has 2 rings (SSSR count). The number of rotatable bonds is 8. The number of para-hydroxylation sites is 1. The average Bonchev–Trinajstić information content (AvgIpc) is 2.99. The molecule has 0 bridgehead atoms. The normalized spacial score (nSPS) is 12.3. The zero-order valence-corrected chi connectivity index (χ0v) is 14.0. The number of thiophene rings is 1. The Morgan fingerprint density at radius 3 is 2.67 bits per heavy atom. The first-order valence-corrected chi connectivity index (χ1v) is 8.71. The van der Waals surface area contributed by atoms with Crippen LogP contribution in [0, 0.1) is 0 Å². The topological polar surface area (TPSA) is 21.3 Å². The van der Waals surface area contributed by atoms with Crippen LogP contribution in [0.15, 0.2) is 35.7 Å². The highest BCUT2D eigenvalue weighted by Crippen LogP contribution is 2.35. The van der Waals surface area contributed by atoms with Crippen LogP contribution in [0.3, 0.4) is 0 Å². The van der Waals surface area contributed by atoms with Gasteiger partial charge in [-0.2, -0.15) is 0 Å². The maximum atomic E-state index is 5.95. The molecule has 1 atom stereocenters. The quantitative estimate of drug-likeness (QED) is 0.756. The SMILES string of the molecule is CCCOc1ccccc1C(NCC)c1sccc1CC. The highest BCUT2D eigenvalue weighted by atomic mass is 32.1. The molecule has 1 aromatic heterocycles. The third-order valence-corrected chi connectivity index (χ3v) is 4.55. The molecule has 0 saturated heterocycles. The lowest BCUT2D eigenvalue weighted by atomic mass is 10.0. The molecule has 0 amide bonds. The van der Waals surface area contributed by atoms with Gasteiger partial charge >= 0.3 is 0 Å². The number of ether oxygens (including phenoxy) is 1. The Kier molecular flexibility index (Phi) is 6.27. The molecular formula is C18H25NOS. The van der Waals surface area contributed by atoms with E-state index >= 15 is 0 Å². The first-order valence-electron chi connectivity index (χ1n) is 7.83. The van der Waals surface area contributed by atoms with Gasteiger partial charge in [0.2, 0.25) is 0 Å². The van der Waals surface area contributed by atoms with E-state index < -0.39 is 0 Å². The Morgan fingerprint density at radius 2 is 1.95 bits per heavy atom. The second kappa shape index (κ2) is 8.20. The van der Waals surface area contributed by atoms with Gasteiger partial charge in [-0.05, 0) is 42.5 Å². The van der Waals surface area contributed by atoms with E-state index in [2.05, 4.69) is 55.7 Å². The zero-order chi connectivity index (χ0) is 15.1. The fourth-order valence-electron chi connectivity index (χ4n) is 2.50. The van der Waals surface area contributed by atoms with Crippen LogP contribution in [-0.2, 0) is 6.42 Å². The van der Waals surface area contributed by atoms with Gasteiger partial charge in [-0.15, -0.1) is 11.3 Å². The molecule has 21 heavy (non-hydrogen) atoms. The number of hydrogen-bond acceptors (Lipinski definition) is 3. The summed E-state index contributed by atoms with van der Waals surface area (Å²) in [4.78, 5) is 1.41. The van der Waals surface area contributed by atoms with Crippen molar-refractivity contribution in [3.63, 3.8) is 0 Å². The third kappa shape index (κ3) is 3.86. The molecule has 0 radical (unpaired) electrons. The van der Waals surface area contributed by atoms with Gasteiger partial charge in [-0.3, -0.25) is 0 Å². The van der Waals surface area contributed by atoms with Gasteiger partial charge in [0.1, 0.15) is 5.75 Å². The predicted octanol–water partition coefficient (Wildman–Crippen LogP) is 4.80. The van der Waals surface area contributed by atoms with Gasteiger partial charge in [-0.25, -0.2) is 0 Å². The van der Waals surface area contributed by atoms with Crippen molar-refractivity contribution in [3.8, 4) is 5.75 Å². The van der Waals surface area contributed by atoms with Crippen LogP contribution in [0.5, 0.6) is 5.75 Å². The molecule has 0 aliphatic carbocycles. The molecule has 1 N–H and O–H groups in total. The van der Waals surface area contributed by atoms with Crippen molar-refractivity contribution in [1.29, 1.82) is 0 Å². The van der Waals surface area contributed by atoms with Crippen molar-refractivity contribution in [2.75, 3.05) is 13.2 Å². The minimum absolute atomic E-state index is 0.220. The number of benzene rings is 1. The van der Waals surface area contributed by atoms with E-state index in [-0.39, 0.29) is 6.04 Å². The molecule has 1 aromatic carbocycles. The van der Waals surface area contributed by atoms with Crippen molar-refractivity contribution in [3.05, 3.63) is 51.7 Å². The first-order chi connectivity index (χ1) is 10.3. The molecule has 0 fully saturated rings. The molecule has 1 unspecified atom stereocenters. The molecule has 0 spiro atoms. The lowest BCUT2D eigenvalue weighted by Crippen LogP contribution is -2.22. The Morgan fingerprint density at radius 1 is 1.14 bits per heavy atom. The van der Waals surface area contributed by atoms with Crippen molar-refractivity contribution >= 4 is 11.3 Å². The molecule has 114 valence electrons. The standard InChI is InChI=1S/C18H25NOS/c1-4-12-20-16-10-8-7-9-15(16)17(19-6-3)18-14(5-2)11-13-21-18/h7-11,13,17,19H,4-6,12H2,1-3H3. The Hall–Kier alpha value is -1.32. The smallest absolute Gasteiger partial charge is 0.124 e. The number of nitrogens with one attached hydrogen (secondary N) is 1. The summed E-state index contributed by atoms with van der Waals surface area (Å²) in [6.07, 6.45) is 2.10. The van der Waals surface area contributed by atoms with Crippen LogP contribution in [0.1, 0.15) is 49.2 Å². The summed E-state index contributed by atoms with van der Waals surface area (Å²) in [5.41, 5.74) is 2.67. The van der Waals surface area contributed by atoms with Gasteiger partial charge in [0, 0.05) is 10.4 Å². The average molecular weight is 303 g/mol. The summed E-state index contributed by atoms with van der Waals surface area (Å²) in [6, 6.07) is 10.9. The van der Waals surface area contributed by atoms with Crippen LogP contribution >= 0.6 is 11.3 Å². The fourth-order valence-corrected chi connectivity index (χ4v) is 3.59. The lowest BCUT2D eigenvalue weighted by Gasteiger charge is -2.21. The van der Waals surface area contributed by atoms with E-state index in [1.165, 1.54) is 16.0 Å². The first kappa shape index (κ1) is 16.1. The van der Waals surface area contributed by atoms with Crippen molar-refractivity contribution < 1.29 is 4.74 Å². The van der Waals surface area contributed by atoms with E-state index in [1.807, 2.05) is 17.4 Å². The van der Waals surface area contributed by atoms with Crippen LogP contribution in [0.25, 0.3) is 0 Å². The summed E-state index contributed by atoms with van der Waals surface area (Å²) in [5, 5.41) is 5.81. The molecule has 3 heteroatoms. The zero-order valence-electron chi connectivity index (χ0n) is 13.2. The molecular weight excluding hydrogens is 278 g/mol. The highest BCUT2D eigenvalue weighted by Gasteiger charge is 2.20. The molecule has 0 aliphatic rings. The summed E-state index contributed by atoms with van der Waals surface area (Å²) < 4.78 is 5.95. The third-order valence-electron chi connectivity index (χ3n) is 3.52. The van der Waals surface area contributed by atoms with E-state index in [1.54, 1.807) is 0 Å². The van der Waals surface area contributed by atoms with Crippen molar-refractivity contribution in [2.24, 2.45) is 0 Å². The molecule has 0 saturated carbocycles. The second-order valence-corrected chi connectivity index (χ2v) is 5.99. The summed E-state index contributed by atoms with van der Waals surface area (Å²) in [5.74, 6) is 1.00. The number of aryl methyl sites for hydroxylation is 1. The van der Waals surface area contributed by atoms with Gasteiger partial charge < -0.3 is 10.1 Å². The van der Waals surface area contributed by atoms with Gasteiger partial charge in [0.25, 0.3) is 0 Å². The highest BCUT2D eigenvalue weighted by molar-refractivity contribution is 7.10. The predicted molar refractivity (Wildman–Crippen MR) is 91.4 cm³/mol. The van der Waals surface area contributed by atoms with Gasteiger partial charge in [-0.1, -0.05) is 39.0 Å². The Bertz CT molecular complexity index is 550. The number of hydrogen-bond donors (Lipinski definition) is 1. The minimum Gasteiger partial charge on any atom is -0.493 e. The Labute approximate surface area is 132 Å². The van der Waals surface area contributed by atoms with Crippen molar-refractivity contribution in [1.82, 2.24) is 5.32 Å². The maximum absolute atomic E-state index is 5.95. The fraction of sp³-hybridized carbons (Fsp3) is 0.444. The summed E-state index contributed by atoms with van der Waals surface area (Å²) in [7, 11) is 0. The monoisotopic (exact) mass is 303 g/mol. The van der Waals surface area contributed by atoms with E-state index in [4.69, 9.17) is 4.74 Å². The van der Waals surface area contributed by atoms with E-state index in [0.717, 1.165) is 31.7 Å². The van der Waals surface area contributed by atoms with Gasteiger partial charge in [0.05, 0.1) is 12.6 Å². The van der Waals surface area contributed by atoms with Crippen LogP contribution < -0.4 is 10.1 Å². The summed E-state index contributed by atoms with van der Waals surface area (Å²) >= 11 is 1.83.